The minimum absolute atomic E-state index is 0. The van der Waals surface area contributed by atoms with Gasteiger partial charge in [-0.2, -0.15) is 0 Å². The van der Waals surface area contributed by atoms with Crippen LogP contribution in [0, 0.1) is 0 Å². The number of carbonyl (C=O) groups excluding carboxylic acids is 1. The summed E-state index contributed by atoms with van der Waals surface area (Å²) in [6.45, 7) is 2.66. The zero-order valence-electron chi connectivity index (χ0n) is 11.7. The molecule has 0 radical (unpaired) electrons. The number of nitrogens with zero attached hydrogens (tertiary/aromatic N) is 1. The lowest BCUT2D eigenvalue weighted by Crippen LogP contribution is -2.38. The molecule has 0 saturated carbocycles. The van der Waals surface area contributed by atoms with E-state index in [4.69, 9.17) is 0 Å². The molecule has 0 aromatic heterocycles. The number of hydrogen-bond acceptors (Lipinski definition) is 3. The van der Waals surface area contributed by atoms with Gasteiger partial charge in [-0.25, -0.2) is 0 Å². The summed E-state index contributed by atoms with van der Waals surface area (Å²) >= 11 is 0. The lowest BCUT2D eigenvalue weighted by molar-refractivity contribution is -0.121. The van der Waals surface area contributed by atoms with E-state index in [0.717, 1.165) is 26.1 Å². The van der Waals surface area contributed by atoms with E-state index in [9.17, 15) is 4.79 Å². The van der Waals surface area contributed by atoms with Crippen LogP contribution in [0.2, 0.25) is 0 Å². The molecule has 0 aliphatic carbocycles. The first-order valence-corrected chi connectivity index (χ1v) is 6.53. The lowest BCUT2D eigenvalue weighted by Gasteiger charge is -2.18. The highest BCUT2D eigenvalue weighted by atomic mass is 35.5. The number of benzene rings is 1. The number of carbonyl (C=O) groups is 1. The molecule has 6 heteroatoms. The Balaban J connectivity index is 0.00000180. The van der Waals surface area contributed by atoms with Crippen LogP contribution in [0.4, 0.5) is 5.69 Å². The molecule has 0 spiro atoms. The number of amides is 1. The first-order chi connectivity index (χ1) is 8.79. The van der Waals surface area contributed by atoms with Gasteiger partial charge in [0.1, 0.15) is 0 Å². The van der Waals surface area contributed by atoms with Crippen molar-refractivity contribution in [2.45, 2.75) is 18.9 Å². The molecule has 1 aromatic carbocycles. The molecule has 1 aliphatic heterocycles. The molecule has 20 heavy (non-hydrogen) atoms. The maximum absolute atomic E-state index is 11.6. The van der Waals surface area contributed by atoms with E-state index in [1.807, 2.05) is 25.2 Å². The van der Waals surface area contributed by atoms with Crippen LogP contribution in [-0.4, -0.2) is 38.6 Å². The molecule has 1 amide bonds. The van der Waals surface area contributed by atoms with E-state index >= 15 is 0 Å². The van der Waals surface area contributed by atoms with Crippen molar-refractivity contribution >= 4 is 36.4 Å². The van der Waals surface area contributed by atoms with Gasteiger partial charge in [-0.05, 0) is 25.6 Å². The summed E-state index contributed by atoms with van der Waals surface area (Å²) in [6.07, 6.45) is 1.58. The van der Waals surface area contributed by atoms with Crippen molar-refractivity contribution in [2.24, 2.45) is 0 Å². The van der Waals surface area contributed by atoms with Gasteiger partial charge in [0, 0.05) is 37.8 Å². The molecule has 1 saturated heterocycles. The van der Waals surface area contributed by atoms with Crippen LogP contribution >= 0.6 is 24.8 Å². The first-order valence-electron chi connectivity index (χ1n) is 6.53. The van der Waals surface area contributed by atoms with E-state index in [1.165, 1.54) is 5.69 Å². The third-order valence-corrected chi connectivity index (χ3v) is 3.28. The molecular formula is C14H23Cl2N3O. The number of para-hydroxylation sites is 1. The summed E-state index contributed by atoms with van der Waals surface area (Å²) in [5.74, 6) is 0.143. The van der Waals surface area contributed by atoms with Gasteiger partial charge in [0.25, 0.3) is 0 Å². The molecule has 1 atom stereocenters. The summed E-state index contributed by atoms with van der Waals surface area (Å²) in [4.78, 5) is 14.0. The predicted octanol–water partition coefficient (Wildman–Crippen LogP) is 1.83. The third-order valence-electron chi connectivity index (χ3n) is 3.28. The highest BCUT2D eigenvalue weighted by Crippen LogP contribution is 2.19. The molecule has 1 aromatic rings. The van der Waals surface area contributed by atoms with E-state index in [1.54, 1.807) is 0 Å². The van der Waals surface area contributed by atoms with E-state index in [2.05, 4.69) is 27.7 Å². The quantitative estimate of drug-likeness (QED) is 0.870. The smallest absolute Gasteiger partial charge is 0.221 e. The zero-order valence-corrected chi connectivity index (χ0v) is 13.3. The van der Waals surface area contributed by atoms with Gasteiger partial charge in [-0.15, -0.1) is 24.8 Å². The minimum atomic E-state index is 0. The fraction of sp³-hybridized carbons (Fsp3) is 0.500. The average Bonchev–Trinajstić information content (AvgIpc) is 2.86. The van der Waals surface area contributed by atoms with Gasteiger partial charge in [0.05, 0.1) is 0 Å². The van der Waals surface area contributed by atoms with Crippen molar-refractivity contribution in [1.29, 1.82) is 0 Å². The molecule has 1 fully saturated rings. The number of rotatable bonds is 5. The monoisotopic (exact) mass is 319 g/mol. The number of nitrogens with one attached hydrogen (secondary N) is 2. The topological polar surface area (TPSA) is 44.4 Å². The highest BCUT2D eigenvalue weighted by molar-refractivity contribution is 5.85. The van der Waals surface area contributed by atoms with Crippen LogP contribution in [0.1, 0.15) is 12.8 Å². The Kier molecular flexibility index (Phi) is 9.38. The van der Waals surface area contributed by atoms with Gasteiger partial charge >= 0.3 is 0 Å². The molecule has 2 N–H and O–H groups in total. The fourth-order valence-electron chi connectivity index (χ4n) is 2.29. The second-order valence-corrected chi connectivity index (χ2v) is 4.69. The summed E-state index contributed by atoms with van der Waals surface area (Å²) in [5.41, 5.74) is 1.24. The minimum Gasteiger partial charge on any atom is -0.369 e. The Hall–Kier alpha value is -0.970. The number of anilines is 1. The Labute approximate surface area is 133 Å². The zero-order chi connectivity index (χ0) is 12.8. The van der Waals surface area contributed by atoms with Gasteiger partial charge in [0.15, 0.2) is 0 Å². The normalized spacial score (nSPS) is 17.1. The van der Waals surface area contributed by atoms with Crippen LogP contribution in [0.15, 0.2) is 30.3 Å². The second kappa shape index (κ2) is 9.86. The maximum Gasteiger partial charge on any atom is 0.221 e. The summed E-state index contributed by atoms with van der Waals surface area (Å²) in [5, 5.41) is 6.08. The van der Waals surface area contributed by atoms with Crippen molar-refractivity contribution in [3.05, 3.63) is 30.3 Å². The van der Waals surface area contributed by atoms with Crippen LogP contribution < -0.4 is 15.5 Å². The van der Waals surface area contributed by atoms with Gasteiger partial charge < -0.3 is 15.5 Å². The molecule has 2 rings (SSSR count). The van der Waals surface area contributed by atoms with Gasteiger partial charge in [-0.1, -0.05) is 18.2 Å². The molecule has 4 nitrogen and oxygen atoms in total. The van der Waals surface area contributed by atoms with E-state index < -0.39 is 0 Å². The number of halogens is 2. The van der Waals surface area contributed by atoms with Crippen molar-refractivity contribution in [3.63, 3.8) is 0 Å². The summed E-state index contributed by atoms with van der Waals surface area (Å²) in [7, 11) is 1.86. The number of hydrogen-bond donors (Lipinski definition) is 2. The molecular weight excluding hydrogens is 297 g/mol. The third kappa shape index (κ3) is 5.57. The van der Waals surface area contributed by atoms with Gasteiger partial charge in [-0.3, -0.25) is 4.79 Å². The van der Waals surface area contributed by atoms with E-state index in [0.29, 0.717) is 6.42 Å². The van der Waals surface area contributed by atoms with Crippen molar-refractivity contribution in [3.8, 4) is 0 Å². The first kappa shape index (κ1) is 19.0. The standard InChI is InChI=1S/C14H21N3O.2ClH/c1-15-9-7-14(18)16-12-8-10-17(11-12)13-5-3-2-4-6-13;;/h2-6,12,15H,7-11H2,1H3,(H,16,18);2*1H. The van der Waals surface area contributed by atoms with Crippen LogP contribution in [0.25, 0.3) is 0 Å². The fourth-order valence-corrected chi connectivity index (χ4v) is 2.29. The Morgan fingerprint density at radius 3 is 2.65 bits per heavy atom. The predicted molar refractivity (Wildman–Crippen MR) is 88.2 cm³/mol. The molecule has 114 valence electrons. The molecule has 0 bridgehead atoms. The average molecular weight is 320 g/mol. The largest absolute Gasteiger partial charge is 0.369 e. The van der Waals surface area contributed by atoms with Crippen LogP contribution in [0.3, 0.4) is 0 Å². The maximum atomic E-state index is 11.6. The summed E-state index contributed by atoms with van der Waals surface area (Å²) < 4.78 is 0. The van der Waals surface area contributed by atoms with Crippen LogP contribution in [0.5, 0.6) is 0 Å². The van der Waals surface area contributed by atoms with Crippen molar-refractivity contribution < 1.29 is 4.79 Å². The highest BCUT2D eigenvalue weighted by Gasteiger charge is 2.23. The van der Waals surface area contributed by atoms with Crippen molar-refractivity contribution in [1.82, 2.24) is 10.6 Å². The van der Waals surface area contributed by atoms with Crippen molar-refractivity contribution in [2.75, 3.05) is 31.6 Å². The Bertz CT molecular complexity index is 389. The molecule has 1 aliphatic rings. The van der Waals surface area contributed by atoms with E-state index in [-0.39, 0.29) is 36.8 Å². The SMILES string of the molecule is CNCCC(=O)NC1CCN(c2ccccc2)C1.Cl.Cl. The van der Waals surface area contributed by atoms with Gasteiger partial charge in [0.2, 0.25) is 5.91 Å². The Morgan fingerprint density at radius 2 is 2.00 bits per heavy atom. The molecule has 1 heterocycles. The van der Waals surface area contributed by atoms with Crippen LogP contribution in [-0.2, 0) is 4.79 Å². The lowest BCUT2D eigenvalue weighted by atomic mass is 10.2. The summed E-state index contributed by atoms with van der Waals surface area (Å²) in [6, 6.07) is 10.6. The Morgan fingerprint density at radius 1 is 1.30 bits per heavy atom. The second-order valence-electron chi connectivity index (χ2n) is 4.69. The molecule has 1 unspecified atom stereocenters.